The summed E-state index contributed by atoms with van der Waals surface area (Å²) >= 11 is 0. The second-order valence-corrected chi connectivity index (χ2v) is 7.23. The highest BCUT2D eigenvalue weighted by Crippen LogP contribution is 2.52. The van der Waals surface area contributed by atoms with Gasteiger partial charge in [0, 0.05) is 28.6 Å². The fourth-order valence-electron chi connectivity index (χ4n) is 5.22. The lowest BCUT2D eigenvalue weighted by atomic mass is 9.82. The molecule has 1 fully saturated rings. The Balaban J connectivity index is 2.00. The Morgan fingerprint density at radius 1 is 1.00 bits per heavy atom. The molecule has 3 heterocycles. The van der Waals surface area contributed by atoms with Gasteiger partial charge in [-0.05, 0) is 42.2 Å². The molecule has 1 saturated carbocycles. The van der Waals surface area contributed by atoms with E-state index in [1.807, 2.05) is 0 Å². The van der Waals surface area contributed by atoms with Crippen LogP contribution in [0.15, 0.2) is 42.6 Å². The number of hydrogen-bond donors (Lipinski definition) is 0. The van der Waals surface area contributed by atoms with Crippen molar-refractivity contribution in [3.8, 4) is 0 Å². The third-order valence-corrected chi connectivity index (χ3v) is 6.16. The van der Waals surface area contributed by atoms with Gasteiger partial charge >= 0.3 is 0 Å². The Labute approximate surface area is 134 Å². The molecule has 23 heavy (non-hydrogen) atoms. The predicted octanol–water partition coefficient (Wildman–Crippen LogP) is 5.31. The van der Waals surface area contributed by atoms with Crippen LogP contribution in [0.2, 0.25) is 0 Å². The standard InChI is InChI=1S/C21H18N2/c1-12-9-10-16-13-7-4-8-14(13)18-11-22-21-17-6-3-2-5-15(17)19(12)20(16)23(18)21/h2-3,5-6,9-11,13-14H,4,7-8H2,1H3. The molecule has 4 aromatic rings. The van der Waals surface area contributed by atoms with Crippen LogP contribution in [0.5, 0.6) is 0 Å². The van der Waals surface area contributed by atoms with Crippen molar-refractivity contribution >= 4 is 27.3 Å². The van der Waals surface area contributed by atoms with E-state index in [0.717, 1.165) is 5.65 Å². The Morgan fingerprint density at radius 2 is 1.83 bits per heavy atom. The van der Waals surface area contributed by atoms with Gasteiger partial charge in [-0.25, -0.2) is 4.98 Å². The summed E-state index contributed by atoms with van der Waals surface area (Å²) in [5.74, 6) is 1.34. The third-order valence-electron chi connectivity index (χ3n) is 6.16. The van der Waals surface area contributed by atoms with E-state index >= 15 is 0 Å². The maximum Gasteiger partial charge on any atom is 0.145 e. The number of aromatic nitrogens is 2. The van der Waals surface area contributed by atoms with Gasteiger partial charge in [-0.3, -0.25) is 4.40 Å². The number of fused-ring (bicyclic) bond motifs is 6. The summed E-state index contributed by atoms with van der Waals surface area (Å²) in [6, 6.07) is 13.5. The van der Waals surface area contributed by atoms with Gasteiger partial charge in [-0.15, -0.1) is 0 Å². The average molecular weight is 298 g/mol. The maximum atomic E-state index is 4.85. The molecule has 2 aromatic carbocycles. The molecule has 0 radical (unpaired) electrons. The van der Waals surface area contributed by atoms with Gasteiger partial charge in [-0.2, -0.15) is 0 Å². The predicted molar refractivity (Wildman–Crippen MR) is 94.3 cm³/mol. The number of aryl methyl sites for hydroxylation is 1. The lowest BCUT2D eigenvalue weighted by Crippen LogP contribution is -2.15. The van der Waals surface area contributed by atoms with Gasteiger partial charge in [0.05, 0.1) is 5.52 Å². The van der Waals surface area contributed by atoms with Crippen LogP contribution in [0, 0.1) is 6.92 Å². The zero-order valence-electron chi connectivity index (χ0n) is 13.2. The highest BCUT2D eigenvalue weighted by Gasteiger charge is 2.37. The Bertz CT molecular complexity index is 1120. The minimum atomic E-state index is 0.657. The van der Waals surface area contributed by atoms with Crippen molar-refractivity contribution < 1.29 is 0 Å². The van der Waals surface area contributed by atoms with Crippen LogP contribution >= 0.6 is 0 Å². The molecule has 2 heteroatoms. The molecular weight excluding hydrogens is 280 g/mol. The minimum Gasteiger partial charge on any atom is -0.296 e. The van der Waals surface area contributed by atoms with Gasteiger partial charge in [0.25, 0.3) is 0 Å². The molecule has 0 saturated heterocycles. The summed E-state index contributed by atoms with van der Waals surface area (Å²) in [7, 11) is 0. The van der Waals surface area contributed by atoms with Crippen LogP contribution in [-0.2, 0) is 0 Å². The van der Waals surface area contributed by atoms with Crippen LogP contribution < -0.4 is 0 Å². The first-order valence-electron chi connectivity index (χ1n) is 8.66. The maximum absolute atomic E-state index is 4.85. The number of benzene rings is 2. The molecular formula is C21H18N2. The van der Waals surface area contributed by atoms with Crippen molar-refractivity contribution in [3.63, 3.8) is 0 Å². The molecule has 2 aromatic heterocycles. The third kappa shape index (κ3) is 1.30. The molecule has 1 aliphatic carbocycles. The Morgan fingerprint density at radius 3 is 2.74 bits per heavy atom. The van der Waals surface area contributed by atoms with E-state index in [4.69, 9.17) is 4.98 Å². The van der Waals surface area contributed by atoms with Crippen molar-refractivity contribution in [2.24, 2.45) is 0 Å². The molecule has 1 aliphatic heterocycles. The number of hydrogen-bond acceptors (Lipinski definition) is 1. The van der Waals surface area contributed by atoms with Crippen molar-refractivity contribution in [1.82, 2.24) is 9.38 Å². The van der Waals surface area contributed by atoms with Gasteiger partial charge in [0.2, 0.25) is 0 Å². The molecule has 2 unspecified atom stereocenters. The SMILES string of the molecule is Cc1ccc2c3c1c1ccccc1c1ncc(n13)C1CCCC21. The van der Waals surface area contributed by atoms with Crippen molar-refractivity contribution in [2.45, 2.75) is 38.0 Å². The van der Waals surface area contributed by atoms with E-state index in [2.05, 4.69) is 53.9 Å². The molecule has 0 amide bonds. The lowest BCUT2D eigenvalue weighted by molar-refractivity contribution is 0.593. The van der Waals surface area contributed by atoms with E-state index in [-0.39, 0.29) is 0 Å². The molecule has 2 nitrogen and oxygen atoms in total. The van der Waals surface area contributed by atoms with Crippen LogP contribution in [-0.4, -0.2) is 9.38 Å². The zero-order chi connectivity index (χ0) is 15.1. The van der Waals surface area contributed by atoms with E-state index in [0.29, 0.717) is 11.8 Å². The topological polar surface area (TPSA) is 17.3 Å². The summed E-state index contributed by atoms with van der Waals surface area (Å²) in [5, 5.41) is 4.06. The Hall–Kier alpha value is -2.35. The highest BCUT2D eigenvalue weighted by atomic mass is 15.0. The van der Waals surface area contributed by atoms with E-state index < -0.39 is 0 Å². The number of pyridine rings is 1. The molecule has 0 N–H and O–H groups in total. The first-order chi connectivity index (χ1) is 11.3. The van der Waals surface area contributed by atoms with Crippen LogP contribution in [0.25, 0.3) is 27.3 Å². The summed E-state index contributed by atoms with van der Waals surface area (Å²) in [6.07, 6.45) is 6.11. The van der Waals surface area contributed by atoms with Crippen LogP contribution in [0.4, 0.5) is 0 Å². The van der Waals surface area contributed by atoms with E-state index in [1.54, 1.807) is 5.56 Å². The van der Waals surface area contributed by atoms with Gasteiger partial charge in [0.1, 0.15) is 5.65 Å². The first-order valence-corrected chi connectivity index (χ1v) is 8.66. The van der Waals surface area contributed by atoms with Gasteiger partial charge in [0.15, 0.2) is 0 Å². The largest absolute Gasteiger partial charge is 0.296 e. The monoisotopic (exact) mass is 298 g/mol. The highest BCUT2D eigenvalue weighted by molar-refractivity contribution is 6.14. The van der Waals surface area contributed by atoms with Crippen molar-refractivity contribution in [3.05, 3.63) is 59.4 Å². The summed E-state index contributed by atoms with van der Waals surface area (Å²) < 4.78 is 2.48. The summed E-state index contributed by atoms with van der Waals surface area (Å²) in [6.45, 7) is 2.24. The van der Waals surface area contributed by atoms with Crippen LogP contribution in [0.3, 0.4) is 0 Å². The fourth-order valence-corrected chi connectivity index (χ4v) is 5.22. The fraction of sp³-hybridized carbons (Fsp3) is 0.286. The quantitative estimate of drug-likeness (QED) is 0.402. The molecule has 0 spiro atoms. The van der Waals surface area contributed by atoms with E-state index in [1.165, 1.54) is 52.2 Å². The number of imidazole rings is 1. The average Bonchev–Trinajstić information content (AvgIpc) is 3.22. The Kier molecular flexibility index (Phi) is 2.08. The first kappa shape index (κ1) is 12.1. The number of nitrogens with zero attached hydrogens (tertiary/aromatic N) is 2. The van der Waals surface area contributed by atoms with Crippen LogP contribution in [0.1, 0.15) is 47.9 Å². The molecule has 6 rings (SSSR count). The minimum absolute atomic E-state index is 0.657. The molecule has 112 valence electrons. The smallest absolute Gasteiger partial charge is 0.145 e. The van der Waals surface area contributed by atoms with Gasteiger partial charge < -0.3 is 0 Å². The molecule has 0 bridgehead atoms. The zero-order valence-corrected chi connectivity index (χ0v) is 13.2. The van der Waals surface area contributed by atoms with Gasteiger partial charge in [-0.1, -0.05) is 42.8 Å². The summed E-state index contributed by atoms with van der Waals surface area (Å²) in [4.78, 5) is 4.85. The van der Waals surface area contributed by atoms with E-state index in [9.17, 15) is 0 Å². The molecule has 2 aliphatic rings. The van der Waals surface area contributed by atoms with Crippen molar-refractivity contribution in [1.29, 1.82) is 0 Å². The van der Waals surface area contributed by atoms with Crippen molar-refractivity contribution in [2.75, 3.05) is 0 Å². The lowest BCUT2D eigenvalue weighted by Gasteiger charge is -2.29. The normalized spacial score (nSPS) is 22.5. The number of rotatable bonds is 0. The summed E-state index contributed by atoms with van der Waals surface area (Å²) in [5.41, 5.74) is 6.93. The molecule has 2 atom stereocenters. The second kappa shape index (κ2) is 3.94. The second-order valence-electron chi connectivity index (χ2n) is 7.23.